The molecule has 120 valence electrons. The third kappa shape index (κ3) is 7.27. The lowest BCUT2D eigenvalue weighted by atomic mass is 9.93. The number of hydrogen-bond acceptors (Lipinski definition) is 3. The van der Waals surface area contributed by atoms with E-state index in [-0.39, 0.29) is 23.7 Å². The molecule has 4 nitrogen and oxygen atoms in total. The highest BCUT2D eigenvalue weighted by Crippen LogP contribution is 2.20. The van der Waals surface area contributed by atoms with Gasteiger partial charge in [0.1, 0.15) is 0 Å². The molecule has 0 aliphatic rings. The largest absolute Gasteiger partial charge is 0.330 e. The van der Waals surface area contributed by atoms with Crippen LogP contribution in [0.4, 0.5) is 5.69 Å². The van der Waals surface area contributed by atoms with E-state index >= 15 is 0 Å². The highest BCUT2D eigenvalue weighted by atomic mass is 79.9. The van der Waals surface area contributed by atoms with Gasteiger partial charge in [0.2, 0.25) is 5.91 Å². The van der Waals surface area contributed by atoms with Gasteiger partial charge >= 0.3 is 0 Å². The number of nitrogens with two attached hydrogens (primary N) is 1. The molecule has 0 spiro atoms. The van der Waals surface area contributed by atoms with Gasteiger partial charge in [0.25, 0.3) is 0 Å². The van der Waals surface area contributed by atoms with E-state index in [1.165, 1.54) is 0 Å². The number of hydrogen-bond donors (Lipinski definition) is 2. The minimum atomic E-state index is -0.00857. The standard InChI is InChI=1S/C15H24BrN3O.ClH/c1-11-7-12(16)5-6-13(11)18-14(20)8-19(4)10-15(2,3)9-17;/h5-7H,8-10,17H2,1-4H3,(H,18,20);1H. The molecule has 1 aromatic carbocycles. The van der Waals surface area contributed by atoms with Gasteiger partial charge in [-0.25, -0.2) is 0 Å². The Labute approximate surface area is 142 Å². The molecular weight excluding hydrogens is 354 g/mol. The Bertz CT molecular complexity index is 480. The number of benzene rings is 1. The second-order valence-electron chi connectivity index (χ2n) is 6.05. The summed E-state index contributed by atoms with van der Waals surface area (Å²) in [4.78, 5) is 14.0. The number of amides is 1. The number of rotatable bonds is 6. The van der Waals surface area contributed by atoms with Crippen LogP contribution < -0.4 is 11.1 Å². The zero-order valence-corrected chi connectivity index (χ0v) is 15.5. The van der Waals surface area contributed by atoms with E-state index in [4.69, 9.17) is 5.73 Å². The lowest BCUT2D eigenvalue weighted by molar-refractivity contribution is -0.117. The molecule has 0 radical (unpaired) electrons. The Morgan fingerprint density at radius 2 is 2.05 bits per heavy atom. The Morgan fingerprint density at radius 3 is 2.57 bits per heavy atom. The van der Waals surface area contributed by atoms with Crippen molar-refractivity contribution in [3.05, 3.63) is 28.2 Å². The van der Waals surface area contributed by atoms with E-state index in [0.717, 1.165) is 22.3 Å². The van der Waals surface area contributed by atoms with Gasteiger partial charge in [-0.3, -0.25) is 9.69 Å². The molecule has 3 N–H and O–H groups in total. The molecule has 1 aromatic rings. The summed E-state index contributed by atoms with van der Waals surface area (Å²) in [5, 5.41) is 2.94. The van der Waals surface area contributed by atoms with Crippen LogP contribution in [-0.2, 0) is 4.79 Å². The van der Waals surface area contributed by atoms with Gasteiger partial charge < -0.3 is 11.1 Å². The quantitative estimate of drug-likeness (QED) is 0.800. The summed E-state index contributed by atoms with van der Waals surface area (Å²) >= 11 is 3.41. The topological polar surface area (TPSA) is 58.4 Å². The van der Waals surface area contributed by atoms with Crippen molar-refractivity contribution in [2.24, 2.45) is 11.1 Å². The fraction of sp³-hybridized carbons (Fsp3) is 0.533. The molecule has 0 saturated heterocycles. The fourth-order valence-corrected chi connectivity index (χ4v) is 2.53. The number of carbonyl (C=O) groups is 1. The molecule has 0 heterocycles. The van der Waals surface area contributed by atoms with Gasteiger partial charge in [-0.2, -0.15) is 0 Å². The average Bonchev–Trinajstić information content (AvgIpc) is 2.32. The van der Waals surface area contributed by atoms with Crippen molar-refractivity contribution in [1.82, 2.24) is 4.90 Å². The normalized spacial score (nSPS) is 11.2. The van der Waals surface area contributed by atoms with Gasteiger partial charge in [0.05, 0.1) is 6.54 Å². The van der Waals surface area contributed by atoms with Crippen LogP contribution >= 0.6 is 28.3 Å². The fourth-order valence-electron chi connectivity index (χ4n) is 2.05. The number of anilines is 1. The first-order chi connectivity index (χ1) is 9.23. The second-order valence-corrected chi connectivity index (χ2v) is 6.96. The molecule has 0 saturated carbocycles. The van der Waals surface area contributed by atoms with Crippen molar-refractivity contribution in [2.75, 3.05) is 32.0 Å². The Balaban J connectivity index is 0.00000400. The lowest BCUT2D eigenvalue weighted by Gasteiger charge is -2.28. The molecule has 0 bridgehead atoms. The summed E-state index contributed by atoms with van der Waals surface area (Å²) in [6.45, 7) is 7.92. The van der Waals surface area contributed by atoms with Gasteiger partial charge in [-0.15, -0.1) is 12.4 Å². The number of halogens is 2. The maximum Gasteiger partial charge on any atom is 0.238 e. The summed E-state index contributed by atoms with van der Waals surface area (Å²) < 4.78 is 1.01. The van der Waals surface area contributed by atoms with Crippen LogP contribution in [0.3, 0.4) is 0 Å². The van der Waals surface area contributed by atoms with E-state index in [0.29, 0.717) is 13.1 Å². The van der Waals surface area contributed by atoms with E-state index < -0.39 is 0 Å². The highest BCUT2D eigenvalue weighted by Gasteiger charge is 2.19. The molecule has 0 aliphatic carbocycles. The number of nitrogens with zero attached hydrogens (tertiary/aromatic N) is 1. The van der Waals surface area contributed by atoms with Crippen molar-refractivity contribution in [1.29, 1.82) is 0 Å². The molecule has 1 rings (SSSR count). The minimum absolute atomic E-state index is 0. The maximum atomic E-state index is 12.0. The van der Waals surface area contributed by atoms with Gasteiger partial charge in [-0.1, -0.05) is 29.8 Å². The molecule has 0 aromatic heterocycles. The summed E-state index contributed by atoms with van der Waals surface area (Å²) in [7, 11) is 1.94. The average molecular weight is 379 g/mol. The summed E-state index contributed by atoms with van der Waals surface area (Å²) in [6.07, 6.45) is 0. The lowest BCUT2D eigenvalue weighted by Crippen LogP contribution is -2.40. The van der Waals surface area contributed by atoms with Crippen molar-refractivity contribution >= 4 is 39.9 Å². The third-order valence-corrected chi connectivity index (χ3v) is 3.62. The van der Waals surface area contributed by atoms with Crippen LogP contribution in [0.25, 0.3) is 0 Å². The second kappa shape index (κ2) is 8.73. The first-order valence-corrected chi connectivity index (χ1v) is 7.47. The van der Waals surface area contributed by atoms with Gasteiger partial charge in [0.15, 0.2) is 0 Å². The predicted molar refractivity (Wildman–Crippen MR) is 95.1 cm³/mol. The van der Waals surface area contributed by atoms with E-state index in [9.17, 15) is 4.79 Å². The first-order valence-electron chi connectivity index (χ1n) is 6.68. The SMILES string of the molecule is Cc1cc(Br)ccc1NC(=O)CN(C)CC(C)(C)CN.Cl. The zero-order valence-electron chi connectivity index (χ0n) is 13.1. The van der Waals surface area contributed by atoms with E-state index in [1.54, 1.807) is 0 Å². The van der Waals surface area contributed by atoms with Gasteiger partial charge in [-0.05, 0) is 49.7 Å². The number of likely N-dealkylation sites (N-methyl/N-ethyl adjacent to an activating group) is 1. The molecule has 1 amide bonds. The van der Waals surface area contributed by atoms with Crippen molar-refractivity contribution in [2.45, 2.75) is 20.8 Å². The maximum absolute atomic E-state index is 12.0. The number of carbonyl (C=O) groups excluding carboxylic acids is 1. The molecular formula is C15H25BrClN3O. The zero-order chi connectivity index (χ0) is 15.3. The monoisotopic (exact) mass is 377 g/mol. The van der Waals surface area contributed by atoms with E-state index in [1.807, 2.05) is 37.1 Å². The summed E-state index contributed by atoms with van der Waals surface area (Å²) in [5.41, 5.74) is 7.62. The third-order valence-electron chi connectivity index (χ3n) is 3.13. The molecule has 0 aliphatic heterocycles. The Morgan fingerprint density at radius 1 is 1.43 bits per heavy atom. The highest BCUT2D eigenvalue weighted by molar-refractivity contribution is 9.10. The number of nitrogens with one attached hydrogen (secondary N) is 1. The smallest absolute Gasteiger partial charge is 0.238 e. The van der Waals surface area contributed by atoms with Crippen molar-refractivity contribution < 1.29 is 4.79 Å². The van der Waals surface area contributed by atoms with Crippen molar-refractivity contribution in [3.8, 4) is 0 Å². The van der Waals surface area contributed by atoms with Crippen LogP contribution in [0.2, 0.25) is 0 Å². The minimum Gasteiger partial charge on any atom is -0.330 e. The van der Waals surface area contributed by atoms with Crippen molar-refractivity contribution in [3.63, 3.8) is 0 Å². The predicted octanol–water partition coefficient (Wildman–Crippen LogP) is 3.03. The number of aryl methyl sites for hydroxylation is 1. The Kier molecular flexibility index (Phi) is 8.48. The van der Waals surface area contributed by atoms with Crippen LogP contribution in [-0.4, -0.2) is 37.5 Å². The first kappa shape index (κ1) is 20.4. The van der Waals surface area contributed by atoms with Crippen LogP contribution in [0.5, 0.6) is 0 Å². The molecule has 21 heavy (non-hydrogen) atoms. The van der Waals surface area contributed by atoms with Crippen LogP contribution in [0, 0.1) is 12.3 Å². The van der Waals surface area contributed by atoms with E-state index in [2.05, 4.69) is 35.1 Å². The molecule has 0 fully saturated rings. The summed E-state index contributed by atoms with van der Waals surface area (Å²) in [5.74, 6) is -0.00857. The van der Waals surface area contributed by atoms with Gasteiger partial charge in [0, 0.05) is 16.7 Å². The molecule has 6 heteroatoms. The van der Waals surface area contributed by atoms with Crippen LogP contribution in [0.15, 0.2) is 22.7 Å². The van der Waals surface area contributed by atoms with Crippen LogP contribution in [0.1, 0.15) is 19.4 Å². The molecule has 0 atom stereocenters. The summed E-state index contributed by atoms with van der Waals surface area (Å²) in [6, 6.07) is 5.81. The Hall–Kier alpha value is -0.620. The molecule has 0 unspecified atom stereocenters.